The number of anilines is 1. The summed E-state index contributed by atoms with van der Waals surface area (Å²) in [7, 11) is -3.50. The molecule has 0 saturated carbocycles. The van der Waals surface area contributed by atoms with Gasteiger partial charge in [0.05, 0.1) is 0 Å². The summed E-state index contributed by atoms with van der Waals surface area (Å²) in [6.45, 7) is 1.61. The van der Waals surface area contributed by atoms with Crippen molar-refractivity contribution in [1.29, 1.82) is 0 Å². The second kappa shape index (κ2) is 2.89. The molecule has 0 amide bonds. The minimum Gasteiger partial charge on any atom is -0.422 e. The summed E-state index contributed by atoms with van der Waals surface area (Å²) in [4.78, 5) is 11.3. The molecule has 2 N–H and O–H groups in total. The quantitative estimate of drug-likeness (QED) is 0.679. The summed E-state index contributed by atoms with van der Waals surface area (Å²) >= 11 is 0. The highest BCUT2D eigenvalue weighted by Crippen LogP contribution is 2.19. The van der Waals surface area contributed by atoms with E-state index in [4.69, 9.17) is 10.2 Å². The predicted molar refractivity (Wildman–Crippen MR) is 51.9 cm³/mol. The Morgan fingerprint density at radius 3 is 2.53 bits per heavy atom. The molecule has 80 valence electrons. The number of aryl methyl sites for hydroxylation is 1. The lowest BCUT2D eigenvalue weighted by Gasteiger charge is -1.97. The second-order valence-corrected chi connectivity index (χ2v) is 4.96. The zero-order valence-corrected chi connectivity index (χ0v) is 8.87. The largest absolute Gasteiger partial charge is 0.422 e. The topological polar surface area (TPSA) is 112 Å². The molecule has 7 nitrogen and oxygen atoms in total. The van der Waals surface area contributed by atoms with Gasteiger partial charge in [0.1, 0.15) is 0 Å². The zero-order chi connectivity index (χ0) is 11.2. The number of nitrogens with two attached hydrogens (primary N) is 1. The molecule has 0 fully saturated rings. The van der Waals surface area contributed by atoms with Gasteiger partial charge in [-0.3, -0.25) is 0 Å². The predicted octanol–water partition coefficient (Wildman–Crippen LogP) is -0.0881. The maximum atomic E-state index is 11.2. The van der Waals surface area contributed by atoms with Crippen LogP contribution in [0.4, 0.5) is 5.82 Å². The third kappa shape index (κ3) is 1.63. The van der Waals surface area contributed by atoms with E-state index in [9.17, 15) is 8.42 Å². The molecule has 0 radical (unpaired) electrons. The van der Waals surface area contributed by atoms with Crippen LogP contribution in [0.1, 0.15) is 5.89 Å². The maximum absolute atomic E-state index is 11.2. The molecule has 2 aromatic heterocycles. The van der Waals surface area contributed by atoms with Crippen molar-refractivity contribution in [2.24, 2.45) is 0 Å². The molecule has 0 spiro atoms. The van der Waals surface area contributed by atoms with Crippen molar-refractivity contribution in [3.8, 4) is 0 Å². The van der Waals surface area contributed by atoms with Gasteiger partial charge in [-0.25, -0.2) is 13.4 Å². The van der Waals surface area contributed by atoms with Crippen molar-refractivity contribution >= 4 is 26.9 Å². The molecular weight excluding hydrogens is 220 g/mol. The number of hydrogen-bond acceptors (Lipinski definition) is 7. The fraction of sp³-hybridized carbons (Fsp3) is 0.286. The van der Waals surface area contributed by atoms with Crippen molar-refractivity contribution in [3.05, 3.63) is 5.89 Å². The van der Waals surface area contributed by atoms with Crippen LogP contribution in [-0.4, -0.2) is 29.6 Å². The first-order valence-corrected chi connectivity index (χ1v) is 5.88. The number of oxazole rings is 1. The van der Waals surface area contributed by atoms with Gasteiger partial charge >= 0.3 is 0 Å². The van der Waals surface area contributed by atoms with Crippen LogP contribution in [0.25, 0.3) is 11.2 Å². The standard InChI is InChI=1S/C7H8N4O3S/c1-3-9-4-5(8)10-7(15(2,12)13)11-6(4)14-3/h1-2H3,(H2,8,10,11). The van der Waals surface area contributed by atoms with Crippen LogP contribution in [0, 0.1) is 6.92 Å². The van der Waals surface area contributed by atoms with Gasteiger partial charge in [-0.15, -0.1) is 0 Å². The Morgan fingerprint density at radius 1 is 1.27 bits per heavy atom. The van der Waals surface area contributed by atoms with E-state index < -0.39 is 9.84 Å². The Bertz CT molecular complexity index is 631. The molecule has 8 heteroatoms. The second-order valence-electron chi connectivity index (χ2n) is 3.05. The first kappa shape index (κ1) is 9.84. The fourth-order valence-electron chi connectivity index (χ4n) is 1.09. The van der Waals surface area contributed by atoms with Crippen LogP contribution in [0.2, 0.25) is 0 Å². The highest BCUT2D eigenvalue weighted by atomic mass is 32.2. The molecule has 0 aliphatic heterocycles. The number of aromatic nitrogens is 3. The summed E-state index contributed by atoms with van der Waals surface area (Å²) < 4.78 is 27.5. The minimum absolute atomic E-state index is 0.00252. The molecule has 0 bridgehead atoms. The maximum Gasteiger partial charge on any atom is 0.253 e. The number of fused-ring (bicyclic) bond motifs is 1. The van der Waals surface area contributed by atoms with Gasteiger partial charge in [0.25, 0.3) is 10.9 Å². The lowest BCUT2D eigenvalue weighted by molar-refractivity contribution is 0.544. The molecule has 2 rings (SSSR count). The van der Waals surface area contributed by atoms with Crippen LogP contribution in [0.15, 0.2) is 9.57 Å². The Hall–Kier alpha value is -1.70. The molecule has 0 aliphatic rings. The molecule has 2 aromatic rings. The van der Waals surface area contributed by atoms with E-state index in [1.807, 2.05) is 0 Å². The van der Waals surface area contributed by atoms with Gasteiger partial charge in [0.15, 0.2) is 17.2 Å². The zero-order valence-electron chi connectivity index (χ0n) is 8.05. The monoisotopic (exact) mass is 228 g/mol. The van der Waals surface area contributed by atoms with Gasteiger partial charge in [0, 0.05) is 13.2 Å². The summed E-state index contributed by atoms with van der Waals surface area (Å²) in [5, 5.41) is -0.358. The summed E-state index contributed by atoms with van der Waals surface area (Å²) in [6.07, 6.45) is 0.997. The Labute approximate surface area is 85.3 Å². The van der Waals surface area contributed by atoms with E-state index >= 15 is 0 Å². The number of hydrogen-bond donors (Lipinski definition) is 1. The molecule has 2 heterocycles. The number of sulfone groups is 1. The Balaban J connectivity index is 2.84. The summed E-state index contributed by atoms with van der Waals surface area (Å²) in [6, 6.07) is 0. The van der Waals surface area contributed by atoms with E-state index in [2.05, 4.69) is 15.0 Å². The summed E-state index contributed by atoms with van der Waals surface area (Å²) in [5.41, 5.74) is 5.89. The lowest BCUT2D eigenvalue weighted by atomic mass is 10.5. The Morgan fingerprint density at radius 2 is 1.93 bits per heavy atom. The average molecular weight is 228 g/mol. The van der Waals surface area contributed by atoms with Gasteiger partial charge in [-0.1, -0.05) is 0 Å². The highest BCUT2D eigenvalue weighted by molar-refractivity contribution is 7.90. The van der Waals surface area contributed by atoms with Gasteiger partial charge in [-0.05, 0) is 0 Å². The normalized spacial score (nSPS) is 12.1. The van der Waals surface area contributed by atoms with Crippen molar-refractivity contribution in [1.82, 2.24) is 15.0 Å². The lowest BCUT2D eigenvalue weighted by Crippen LogP contribution is -2.06. The van der Waals surface area contributed by atoms with Crippen LogP contribution in [0.3, 0.4) is 0 Å². The van der Waals surface area contributed by atoms with E-state index in [0.717, 1.165) is 6.26 Å². The smallest absolute Gasteiger partial charge is 0.253 e. The highest BCUT2D eigenvalue weighted by Gasteiger charge is 2.17. The van der Waals surface area contributed by atoms with Gasteiger partial charge in [-0.2, -0.15) is 9.97 Å². The molecular formula is C7H8N4O3S. The van der Waals surface area contributed by atoms with Crippen LogP contribution in [0.5, 0.6) is 0 Å². The number of nitrogens with zero attached hydrogens (tertiary/aromatic N) is 3. The Kier molecular flexibility index (Phi) is 1.90. The molecule has 0 aromatic carbocycles. The third-order valence-corrected chi connectivity index (χ3v) is 2.55. The average Bonchev–Trinajstić information content (AvgIpc) is 2.44. The van der Waals surface area contributed by atoms with E-state index in [-0.39, 0.29) is 22.2 Å². The fourth-order valence-corrected chi connectivity index (χ4v) is 1.61. The first-order valence-electron chi connectivity index (χ1n) is 3.98. The number of nitrogen functional groups attached to an aromatic ring is 1. The SMILES string of the molecule is Cc1nc2c(N)nc(S(C)(=O)=O)nc2o1. The van der Waals surface area contributed by atoms with Crippen molar-refractivity contribution in [2.45, 2.75) is 12.1 Å². The van der Waals surface area contributed by atoms with E-state index in [1.54, 1.807) is 6.92 Å². The van der Waals surface area contributed by atoms with Crippen LogP contribution < -0.4 is 5.73 Å². The van der Waals surface area contributed by atoms with Crippen LogP contribution >= 0.6 is 0 Å². The van der Waals surface area contributed by atoms with E-state index in [0.29, 0.717) is 5.89 Å². The molecule has 0 atom stereocenters. The third-order valence-electron chi connectivity index (χ3n) is 1.70. The van der Waals surface area contributed by atoms with Crippen LogP contribution in [-0.2, 0) is 9.84 Å². The van der Waals surface area contributed by atoms with Crippen molar-refractivity contribution in [3.63, 3.8) is 0 Å². The first-order chi connectivity index (χ1) is 6.88. The summed E-state index contributed by atoms with van der Waals surface area (Å²) in [5.74, 6) is 0.355. The molecule has 0 unspecified atom stereocenters. The number of rotatable bonds is 1. The minimum atomic E-state index is -3.50. The van der Waals surface area contributed by atoms with Crippen molar-refractivity contribution in [2.75, 3.05) is 12.0 Å². The van der Waals surface area contributed by atoms with Gasteiger partial charge < -0.3 is 10.2 Å². The molecule has 15 heavy (non-hydrogen) atoms. The van der Waals surface area contributed by atoms with Gasteiger partial charge in [0.2, 0.25) is 9.84 Å². The molecule has 0 aliphatic carbocycles. The molecule has 0 saturated heterocycles. The van der Waals surface area contributed by atoms with E-state index in [1.165, 1.54) is 0 Å². The van der Waals surface area contributed by atoms with Crippen molar-refractivity contribution < 1.29 is 12.8 Å².